The first-order chi connectivity index (χ1) is 9.10. The molecule has 0 bridgehead atoms. The fraction of sp³-hybridized carbons (Fsp3) is 0.200. The average molecular weight is 359 g/mol. The Morgan fingerprint density at radius 3 is 2.47 bits per heavy atom. The minimum absolute atomic E-state index is 0.273. The van der Waals surface area contributed by atoms with Gasteiger partial charge in [-0.05, 0) is 48.4 Å². The van der Waals surface area contributed by atoms with E-state index < -0.39 is 0 Å². The Labute approximate surface area is 131 Å². The molecule has 2 N–H and O–H groups in total. The summed E-state index contributed by atoms with van der Waals surface area (Å²) in [5.74, 6) is 0.273. The maximum Gasteiger partial charge on any atom is 0.0595 e. The van der Waals surface area contributed by atoms with Crippen LogP contribution < -0.4 is 5.73 Å². The SMILES string of the molecule is NCC(Cc1ccc(Cl)c(Cl)c1)c1cccc(Br)c1. The van der Waals surface area contributed by atoms with Crippen LogP contribution in [0.4, 0.5) is 0 Å². The van der Waals surface area contributed by atoms with Crippen LogP contribution in [-0.2, 0) is 6.42 Å². The van der Waals surface area contributed by atoms with Crippen LogP contribution in [0.25, 0.3) is 0 Å². The van der Waals surface area contributed by atoms with Crippen molar-refractivity contribution in [3.05, 3.63) is 68.1 Å². The van der Waals surface area contributed by atoms with E-state index in [0.717, 1.165) is 16.5 Å². The van der Waals surface area contributed by atoms with Crippen molar-refractivity contribution in [3.8, 4) is 0 Å². The minimum Gasteiger partial charge on any atom is -0.330 e. The predicted octanol–water partition coefficient (Wildman–Crippen LogP) is 5.04. The van der Waals surface area contributed by atoms with E-state index >= 15 is 0 Å². The molecule has 1 unspecified atom stereocenters. The summed E-state index contributed by atoms with van der Waals surface area (Å²) < 4.78 is 1.07. The number of rotatable bonds is 4. The maximum absolute atomic E-state index is 6.04. The molecule has 0 fully saturated rings. The third kappa shape index (κ3) is 3.96. The molecule has 100 valence electrons. The van der Waals surface area contributed by atoms with Crippen LogP contribution in [0.2, 0.25) is 10.0 Å². The largest absolute Gasteiger partial charge is 0.330 e. The van der Waals surface area contributed by atoms with Gasteiger partial charge in [0.25, 0.3) is 0 Å². The summed E-state index contributed by atoms with van der Waals surface area (Å²) >= 11 is 15.5. The normalized spacial score (nSPS) is 12.4. The number of benzene rings is 2. The molecule has 2 aromatic rings. The molecule has 4 heteroatoms. The van der Waals surface area contributed by atoms with Gasteiger partial charge in [0.2, 0.25) is 0 Å². The fourth-order valence-electron chi connectivity index (χ4n) is 2.05. The van der Waals surface area contributed by atoms with Crippen molar-refractivity contribution < 1.29 is 0 Å². The van der Waals surface area contributed by atoms with Crippen LogP contribution in [0, 0.1) is 0 Å². The van der Waals surface area contributed by atoms with Gasteiger partial charge in [0.15, 0.2) is 0 Å². The van der Waals surface area contributed by atoms with Gasteiger partial charge in [-0.2, -0.15) is 0 Å². The molecule has 0 aromatic heterocycles. The van der Waals surface area contributed by atoms with Gasteiger partial charge >= 0.3 is 0 Å². The van der Waals surface area contributed by atoms with E-state index in [1.807, 2.05) is 30.3 Å². The summed E-state index contributed by atoms with van der Waals surface area (Å²) in [6.07, 6.45) is 0.851. The van der Waals surface area contributed by atoms with Crippen LogP contribution in [0.3, 0.4) is 0 Å². The molecule has 0 radical (unpaired) electrons. The van der Waals surface area contributed by atoms with Crippen molar-refractivity contribution in [2.75, 3.05) is 6.54 Å². The quantitative estimate of drug-likeness (QED) is 0.813. The first-order valence-corrected chi connectivity index (χ1v) is 7.54. The molecular weight excluding hydrogens is 345 g/mol. The Balaban J connectivity index is 2.21. The van der Waals surface area contributed by atoms with Crippen LogP contribution in [0.1, 0.15) is 17.0 Å². The highest BCUT2D eigenvalue weighted by Gasteiger charge is 2.12. The Morgan fingerprint density at radius 2 is 1.84 bits per heavy atom. The molecule has 1 nitrogen and oxygen atoms in total. The van der Waals surface area contributed by atoms with E-state index in [4.69, 9.17) is 28.9 Å². The van der Waals surface area contributed by atoms with Crippen molar-refractivity contribution >= 4 is 39.1 Å². The molecule has 0 spiro atoms. The second-order valence-electron chi connectivity index (χ2n) is 4.44. The summed E-state index contributed by atoms with van der Waals surface area (Å²) in [6, 6.07) is 14.0. The average Bonchev–Trinajstić information content (AvgIpc) is 2.40. The maximum atomic E-state index is 6.04. The van der Waals surface area contributed by atoms with E-state index in [1.54, 1.807) is 0 Å². The van der Waals surface area contributed by atoms with Gasteiger partial charge in [0.05, 0.1) is 10.0 Å². The number of hydrogen-bond donors (Lipinski definition) is 1. The summed E-state index contributed by atoms with van der Waals surface area (Å²) in [5.41, 5.74) is 8.26. The Kier molecular flexibility index (Phi) is 5.28. The van der Waals surface area contributed by atoms with Gasteiger partial charge in [0.1, 0.15) is 0 Å². The van der Waals surface area contributed by atoms with Crippen LogP contribution in [0.5, 0.6) is 0 Å². The molecule has 0 aliphatic rings. The van der Waals surface area contributed by atoms with Crippen molar-refractivity contribution in [3.63, 3.8) is 0 Å². The molecule has 0 heterocycles. The predicted molar refractivity (Wildman–Crippen MR) is 86.1 cm³/mol. The zero-order valence-electron chi connectivity index (χ0n) is 10.2. The summed E-state index contributed by atoms with van der Waals surface area (Å²) in [6.45, 7) is 0.594. The van der Waals surface area contributed by atoms with Crippen molar-refractivity contribution in [1.82, 2.24) is 0 Å². The highest BCUT2D eigenvalue weighted by Crippen LogP contribution is 2.27. The van der Waals surface area contributed by atoms with Gasteiger partial charge in [-0.3, -0.25) is 0 Å². The monoisotopic (exact) mass is 357 g/mol. The van der Waals surface area contributed by atoms with E-state index in [2.05, 4.69) is 28.1 Å². The van der Waals surface area contributed by atoms with Crippen molar-refractivity contribution in [2.24, 2.45) is 5.73 Å². The number of nitrogens with two attached hydrogens (primary N) is 1. The topological polar surface area (TPSA) is 26.0 Å². The van der Waals surface area contributed by atoms with Gasteiger partial charge in [-0.15, -0.1) is 0 Å². The second-order valence-corrected chi connectivity index (χ2v) is 6.17. The standard InChI is InChI=1S/C15H14BrCl2N/c16-13-3-1-2-11(8-13)12(9-19)6-10-4-5-14(17)15(18)7-10/h1-5,7-8,12H,6,9,19H2. The molecule has 0 saturated heterocycles. The van der Waals surface area contributed by atoms with Crippen molar-refractivity contribution in [2.45, 2.75) is 12.3 Å². The molecule has 0 saturated carbocycles. The van der Waals surface area contributed by atoms with Gasteiger partial charge < -0.3 is 5.73 Å². The molecule has 0 aliphatic heterocycles. The van der Waals surface area contributed by atoms with E-state index in [1.165, 1.54) is 5.56 Å². The van der Waals surface area contributed by atoms with Gasteiger partial charge in [-0.25, -0.2) is 0 Å². The Bertz CT molecular complexity index is 572. The molecular formula is C15H14BrCl2N. The first-order valence-electron chi connectivity index (χ1n) is 5.99. The Morgan fingerprint density at radius 1 is 1.05 bits per heavy atom. The minimum atomic E-state index is 0.273. The zero-order valence-corrected chi connectivity index (χ0v) is 13.3. The fourth-order valence-corrected chi connectivity index (χ4v) is 2.79. The van der Waals surface area contributed by atoms with Crippen LogP contribution >= 0.6 is 39.1 Å². The van der Waals surface area contributed by atoms with E-state index in [0.29, 0.717) is 16.6 Å². The lowest BCUT2D eigenvalue weighted by Crippen LogP contribution is -2.15. The van der Waals surface area contributed by atoms with Crippen LogP contribution in [0.15, 0.2) is 46.9 Å². The molecule has 2 aromatic carbocycles. The van der Waals surface area contributed by atoms with E-state index in [9.17, 15) is 0 Å². The van der Waals surface area contributed by atoms with Gasteiger partial charge in [-0.1, -0.05) is 57.3 Å². The summed E-state index contributed by atoms with van der Waals surface area (Å²) in [4.78, 5) is 0. The third-order valence-electron chi connectivity index (χ3n) is 3.07. The first kappa shape index (κ1) is 14.9. The number of halogens is 3. The summed E-state index contributed by atoms with van der Waals surface area (Å²) in [5, 5.41) is 1.17. The molecule has 0 aliphatic carbocycles. The summed E-state index contributed by atoms with van der Waals surface area (Å²) in [7, 11) is 0. The highest BCUT2D eigenvalue weighted by molar-refractivity contribution is 9.10. The smallest absolute Gasteiger partial charge is 0.0595 e. The lowest BCUT2D eigenvalue weighted by molar-refractivity contribution is 0.694. The molecule has 2 rings (SSSR count). The zero-order chi connectivity index (χ0) is 13.8. The second kappa shape index (κ2) is 6.76. The van der Waals surface area contributed by atoms with Crippen molar-refractivity contribution in [1.29, 1.82) is 0 Å². The van der Waals surface area contributed by atoms with E-state index in [-0.39, 0.29) is 5.92 Å². The van der Waals surface area contributed by atoms with Crippen LogP contribution in [-0.4, -0.2) is 6.54 Å². The molecule has 1 atom stereocenters. The highest BCUT2D eigenvalue weighted by atomic mass is 79.9. The number of hydrogen-bond acceptors (Lipinski definition) is 1. The van der Waals surface area contributed by atoms with Gasteiger partial charge in [0, 0.05) is 10.4 Å². The molecule has 19 heavy (non-hydrogen) atoms. The molecule has 0 amide bonds. The Hall–Kier alpha value is -0.540. The lowest BCUT2D eigenvalue weighted by atomic mass is 9.92. The lowest BCUT2D eigenvalue weighted by Gasteiger charge is -2.16. The third-order valence-corrected chi connectivity index (χ3v) is 4.30.